The highest BCUT2D eigenvalue weighted by Gasteiger charge is 2.09. The molecule has 0 spiro atoms. The third-order valence-corrected chi connectivity index (χ3v) is 2.57. The lowest BCUT2D eigenvalue weighted by atomic mass is 10.1. The first-order valence-corrected chi connectivity index (χ1v) is 6.57. The summed E-state index contributed by atoms with van der Waals surface area (Å²) in [5, 5.41) is 3.91. The molecule has 0 amide bonds. The predicted molar refractivity (Wildman–Crippen MR) is 79.2 cm³/mol. The van der Waals surface area contributed by atoms with Crippen molar-refractivity contribution >= 4 is 17.6 Å². The Morgan fingerprint density at radius 2 is 1.89 bits per heavy atom. The van der Waals surface area contributed by atoms with Crippen molar-refractivity contribution in [2.45, 2.75) is 39.2 Å². The molecule has 18 heavy (non-hydrogen) atoms. The summed E-state index contributed by atoms with van der Waals surface area (Å²) in [5.74, 6) is 0.513. The Labute approximate surface area is 114 Å². The molecular formula is C14H22ClN3. The van der Waals surface area contributed by atoms with Crippen molar-refractivity contribution < 1.29 is 0 Å². The van der Waals surface area contributed by atoms with Crippen LogP contribution in [0.2, 0.25) is 5.02 Å². The average molecular weight is 268 g/mol. The number of hydrogen-bond acceptors (Lipinski definition) is 1. The maximum atomic E-state index is 5.83. The molecule has 0 saturated carbocycles. The van der Waals surface area contributed by atoms with Crippen LogP contribution in [-0.4, -0.2) is 18.0 Å². The monoisotopic (exact) mass is 267 g/mol. The van der Waals surface area contributed by atoms with Crippen LogP contribution in [-0.2, 0) is 6.42 Å². The Kier molecular flexibility index (Phi) is 5.48. The first kappa shape index (κ1) is 14.8. The van der Waals surface area contributed by atoms with Crippen molar-refractivity contribution in [3.8, 4) is 0 Å². The Hall–Kier alpha value is -1.22. The fraction of sp³-hybridized carbons (Fsp3) is 0.500. The largest absolute Gasteiger partial charge is 0.370 e. The van der Waals surface area contributed by atoms with Crippen LogP contribution in [0.1, 0.15) is 32.8 Å². The molecule has 1 aromatic carbocycles. The van der Waals surface area contributed by atoms with Crippen LogP contribution in [0, 0.1) is 0 Å². The number of nitrogens with zero attached hydrogens (tertiary/aromatic N) is 1. The van der Waals surface area contributed by atoms with Crippen molar-refractivity contribution in [1.82, 2.24) is 5.32 Å². The molecule has 3 nitrogen and oxygen atoms in total. The van der Waals surface area contributed by atoms with Gasteiger partial charge in [-0.25, -0.2) is 0 Å². The number of nitrogens with two attached hydrogens (primary N) is 1. The summed E-state index contributed by atoms with van der Waals surface area (Å²) in [7, 11) is 0. The number of guanidine groups is 1. The second-order valence-electron chi connectivity index (χ2n) is 5.37. The van der Waals surface area contributed by atoms with Crippen molar-refractivity contribution in [3.63, 3.8) is 0 Å². The molecule has 0 unspecified atom stereocenters. The first-order valence-electron chi connectivity index (χ1n) is 6.19. The molecule has 3 N–H and O–H groups in total. The Morgan fingerprint density at radius 1 is 1.28 bits per heavy atom. The highest BCUT2D eigenvalue weighted by atomic mass is 35.5. The van der Waals surface area contributed by atoms with Gasteiger partial charge in [0.05, 0.1) is 0 Å². The fourth-order valence-electron chi connectivity index (χ4n) is 1.56. The molecule has 100 valence electrons. The second-order valence-corrected chi connectivity index (χ2v) is 5.81. The lowest BCUT2D eigenvalue weighted by molar-refractivity contribution is 0.508. The zero-order valence-electron chi connectivity index (χ0n) is 11.3. The zero-order valence-corrected chi connectivity index (χ0v) is 12.1. The molecule has 0 aromatic heterocycles. The lowest BCUT2D eigenvalue weighted by Gasteiger charge is -2.20. The molecule has 0 aliphatic heterocycles. The Bertz CT molecular complexity index is 390. The summed E-state index contributed by atoms with van der Waals surface area (Å²) in [6.07, 6.45) is 1.97. The van der Waals surface area contributed by atoms with Crippen LogP contribution in [0.3, 0.4) is 0 Å². The van der Waals surface area contributed by atoms with E-state index in [4.69, 9.17) is 17.3 Å². The van der Waals surface area contributed by atoms with E-state index in [0.717, 1.165) is 24.4 Å². The van der Waals surface area contributed by atoms with Crippen molar-refractivity contribution in [1.29, 1.82) is 0 Å². The molecule has 1 rings (SSSR count). The molecule has 0 radical (unpaired) electrons. The third kappa shape index (κ3) is 6.50. The summed E-state index contributed by atoms with van der Waals surface area (Å²) in [4.78, 5) is 4.30. The fourth-order valence-corrected chi connectivity index (χ4v) is 1.68. The standard InChI is InChI=1S/C14H22ClN3/c1-14(2,3)18-13(16)17-10-4-5-11-6-8-12(15)9-7-11/h6-9H,4-5,10H2,1-3H3,(H3,16,17,18). The van der Waals surface area contributed by atoms with Gasteiger partial charge in [0.25, 0.3) is 0 Å². The van der Waals surface area contributed by atoms with Gasteiger partial charge >= 0.3 is 0 Å². The van der Waals surface area contributed by atoms with Crippen molar-refractivity contribution in [2.75, 3.05) is 6.54 Å². The minimum atomic E-state index is -0.0379. The topological polar surface area (TPSA) is 50.4 Å². The van der Waals surface area contributed by atoms with Crippen LogP contribution < -0.4 is 11.1 Å². The van der Waals surface area contributed by atoms with Gasteiger partial charge < -0.3 is 11.1 Å². The summed E-state index contributed by atoms with van der Waals surface area (Å²) in [6.45, 7) is 6.91. The summed E-state index contributed by atoms with van der Waals surface area (Å²) in [5.41, 5.74) is 7.02. The number of aliphatic imine (C=N–C) groups is 1. The highest BCUT2D eigenvalue weighted by Crippen LogP contribution is 2.10. The molecule has 0 aliphatic rings. The van der Waals surface area contributed by atoms with Gasteiger partial charge in [-0.2, -0.15) is 0 Å². The molecule has 0 bridgehead atoms. The minimum absolute atomic E-state index is 0.0379. The number of aryl methyl sites for hydroxylation is 1. The van der Waals surface area contributed by atoms with Gasteiger partial charge in [-0.05, 0) is 51.3 Å². The maximum absolute atomic E-state index is 5.83. The van der Waals surface area contributed by atoms with E-state index in [1.54, 1.807) is 0 Å². The summed E-state index contributed by atoms with van der Waals surface area (Å²) < 4.78 is 0. The van der Waals surface area contributed by atoms with Gasteiger partial charge in [0, 0.05) is 17.1 Å². The van der Waals surface area contributed by atoms with E-state index in [9.17, 15) is 0 Å². The van der Waals surface area contributed by atoms with E-state index < -0.39 is 0 Å². The van der Waals surface area contributed by atoms with E-state index in [2.05, 4.69) is 31.1 Å². The maximum Gasteiger partial charge on any atom is 0.188 e. The van der Waals surface area contributed by atoms with Crippen LogP contribution in [0.4, 0.5) is 0 Å². The molecule has 0 saturated heterocycles. The number of benzene rings is 1. The van der Waals surface area contributed by atoms with E-state index >= 15 is 0 Å². The summed E-state index contributed by atoms with van der Waals surface area (Å²) >= 11 is 5.83. The van der Waals surface area contributed by atoms with E-state index in [1.807, 2.05) is 24.3 Å². The summed E-state index contributed by atoms with van der Waals surface area (Å²) in [6, 6.07) is 7.91. The van der Waals surface area contributed by atoms with Gasteiger partial charge in [0.2, 0.25) is 0 Å². The third-order valence-electron chi connectivity index (χ3n) is 2.32. The van der Waals surface area contributed by atoms with Crippen molar-refractivity contribution in [3.05, 3.63) is 34.9 Å². The van der Waals surface area contributed by atoms with Crippen LogP contribution in [0.25, 0.3) is 0 Å². The molecule has 0 aliphatic carbocycles. The predicted octanol–water partition coefficient (Wildman–Crippen LogP) is 2.98. The van der Waals surface area contributed by atoms with Gasteiger partial charge in [-0.3, -0.25) is 4.99 Å². The molecule has 4 heteroatoms. The van der Waals surface area contributed by atoms with Gasteiger partial charge in [-0.15, -0.1) is 0 Å². The normalized spacial score (nSPS) is 12.6. The minimum Gasteiger partial charge on any atom is -0.370 e. The van der Waals surface area contributed by atoms with Crippen LogP contribution >= 0.6 is 11.6 Å². The van der Waals surface area contributed by atoms with E-state index in [-0.39, 0.29) is 5.54 Å². The van der Waals surface area contributed by atoms with Gasteiger partial charge in [-0.1, -0.05) is 23.7 Å². The number of nitrogens with one attached hydrogen (secondary N) is 1. The quantitative estimate of drug-likeness (QED) is 0.501. The molecule has 1 aromatic rings. The molecule has 0 fully saturated rings. The number of rotatable bonds is 4. The number of hydrogen-bond donors (Lipinski definition) is 2. The zero-order chi connectivity index (χ0) is 13.6. The molecular weight excluding hydrogens is 246 g/mol. The van der Waals surface area contributed by atoms with Gasteiger partial charge in [0.1, 0.15) is 0 Å². The Morgan fingerprint density at radius 3 is 2.44 bits per heavy atom. The van der Waals surface area contributed by atoms with Gasteiger partial charge in [0.15, 0.2) is 5.96 Å². The molecule has 0 atom stereocenters. The number of halogens is 1. The molecule has 0 heterocycles. The highest BCUT2D eigenvalue weighted by molar-refractivity contribution is 6.30. The average Bonchev–Trinajstić information content (AvgIpc) is 2.24. The van der Waals surface area contributed by atoms with Crippen LogP contribution in [0.15, 0.2) is 29.3 Å². The second kappa shape index (κ2) is 6.64. The Balaban J connectivity index is 2.30. The smallest absolute Gasteiger partial charge is 0.188 e. The first-order chi connectivity index (χ1) is 8.37. The van der Waals surface area contributed by atoms with E-state index in [0.29, 0.717) is 5.96 Å². The van der Waals surface area contributed by atoms with Crippen molar-refractivity contribution in [2.24, 2.45) is 10.7 Å². The van der Waals surface area contributed by atoms with E-state index in [1.165, 1.54) is 5.56 Å². The SMILES string of the molecule is CC(C)(C)NC(N)=NCCCc1ccc(Cl)cc1. The lowest BCUT2D eigenvalue weighted by Crippen LogP contribution is -2.45. The van der Waals surface area contributed by atoms with Crippen LogP contribution in [0.5, 0.6) is 0 Å².